The fraction of sp³-hybridized carbons (Fsp3) is 0.909. The third-order valence-corrected chi connectivity index (χ3v) is 3.74. The van der Waals surface area contributed by atoms with E-state index in [1.54, 1.807) is 0 Å². The summed E-state index contributed by atoms with van der Waals surface area (Å²) in [6.45, 7) is 2.52. The zero-order valence-electron chi connectivity index (χ0n) is 8.41. The summed E-state index contributed by atoms with van der Waals surface area (Å²) in [5, 5.41) is 0. The predicted octanol–water partition coefficient (Wildman–Crippen LogP) is 1.55. The second-order valence-corrected chi connectivity index (χ2v) is 4.70. The van der Waals surface area contributed by atoms with E-state index in [1.165, 1.54) is 32.4 Å². The van der Waals surface area contributed by atoms with Gasteiger partial charge in [0.15, 0.2) is 0 Å². The van der Waals surface area contributed by atoms with E-state index in [0.717, 1.165) is 30.5 Å². The molecule has 1 heterocycles. The number of aldehydes is 1. The molecule has 2 heteroatoms. The number of carbonyl (C=O) groups excluding carboxylic acids is 1. The Labute approximate surface area is 80.3 Å². The Kier molecular flexibility index (Phi) is 2.68. The molecule has 1 aliphatic heterocycles. The third-order valence-electron chi connectivity index (χ3n) is 3.74. The molecule has 0 unspecified atom stereocenters. The zero-order valence-corrected chi connectivity index (χ0v) is 8.41. The maximum Gasteiger partial charge on any atom is 0.120 e. The van der Waals surface area contributed by atoms with Gasteiger partial charge in [0, 0.05) is 6.42 Å². The van der Waals surface area contributed by atoms with E-state index in [2.05, 4.69) is 11.9 Å². The van der Waals surface area contributed by atoms with Crippen LogP contribution in [0.15, 0.2) is 0 Å². The molecule has 2 rings (SSSR count). The van der Waals surface area contributed by atoms with E-state index in [0.29, 0.717) is 0 Å². The molecule has 0 N–H and O–H groups in total. The SMILES string of the molecule is CN1CCC([C@H]2C[C@@H]2CC=O)CC1. The van der Waals surface area contributed by atoms with Crippen LogP contribution in [0.25, 0.3) is 0 Å². The maximum atomic E-state index is 10.3. The Morgan fingerprint density at radius 3 is 2.69 bits per heavy atom. The first kappa shape index (κ1) is 9.20. The summed E-state index contributed by atoms with van der Waals surface area (Å²) >= 11 is 0. The van der Waals surface area contributed by atoms with E-state index in [4.69, 9.17) is 0 Å². The number of rotatable bonds is 3. The smallest absolute Gasteiger partial charge is 0.120 e. The highest BCUT2D eigenvalue weighted by molar-refractivity contribution is 5.50. The lowest BCUT2D eigenvalue weighted by Crippen LogP contribution is -2.31. The van der Waals surface area contributed by atoms with Crippen LogP contribution in [0.4, 0.5) is 0 Å². The van der Waals surface area contributed by atoms with Crippen LogP contribution in [-0.4, -0.2) is 31.3 Å². The molecule has 1 saturated carbocycles. The molecular weight excluding hydrogens is 162 g/mol. The van der Waals surface area contributed by atoms with E-state index < -0.39 is 0 Å². The molecule has 0 aromatic heterocycles. The molecule has 0 spiro atoms. The summed E-state index contributed by atoms with van der Waals surface area (Å²) < 4.78 is 0. The molecule has 0 radical (unpaired) electrons. The summed E-state index contributed by atoms with van der Waals surface area (Å²) in [5.74, 6) is 2.59. The van der Waals surface area contributed by atoms with Gasteiger partial charge >= 0.3 is 0 Å². The highest BCUT2D eigenvalue weighted by atomic mass is 16.1. The molecule has 0 aromatic rings. The summed E-state index contributed by atoms with van der Waals surface area (Å²) in [6, 6.07) is 0. The van der Waals surface area contributed by atoms with Crippen LogP contribution < -0.4 is 0 Å². The van der Waals surface area contributed by atoms with Crippen LogP contribution >= 0.6 is 0 Å². The van der Waals surface area contributed by atoms with Crippen molar-refractivity contribution >= 4 is 6.29 Å². The van der Waals surface area contributed by atoms with Crippen LogP contribution in [0.1, 0.15) is 25.7 Å². The van der Waals surface area contributed by atoms with Gasteiger partial charge in [0.1, 0.15) is 6.29 Å². The lowest BCUT2D eigenvalue weighted by Gasteiger charge is -2.29. The highest BCUT2D eigenvalue weighted by Gasteiger charge is 2.42. The lowest BCUT2D eigenvalue weighted by molar-refractivity contribution is -0.108. The van der Waals surface area contributed by atoms with Crippen molar-refractivity contribution in [3.63, 3.8) is 0 Å². The number of hydrogen-bond acceptors (Lipinski definition) is 2. The average Bonchev–Trinajstić information content (AvgIpc) is 2.86. The van der Waals surface area contributed by atoms with Crippen molar-refractivity contribution in [2.45, 2.75) is 25.7 Å². The van der Waals surface area contributed by atoms with Crippen LogP contribution in [0.2, 0.25) is 0 Å². The largest absolute Gasteiger partial charge is 0.306 e. The van der Waals surface area contributed by atoms with Gasteiger partial charge in [-0.1, -0.05) is 0 Å². The minimum atomic E-state index is 0.755. The quantitative estimate of drug-likeness (QED) is 0.616. The molecule has 13 heavy (non-hydrogen) atoms. The summed E-state index contributed by atoms with van der Waals surface area (Å²) in [4.78, 5) is 12.7. The molecule has 2 nitrogen and oxygen atoms in total. The van der Waals surface area contributed by atoms with Crippen molar-refractivity contribution in [1.82, 2.24) is 4.90 Å². The standard InChI is InChI=1S/C11H19NO/c1-12-5-2-9(3-6-12)11-8-10(11)4-7-13/h7,9-11H,2-6,8H2,1H3/t10-,11+/m0/s1. The van der Waals surface area contributed by atoms with Gasteiger partial charge in [0.25, 0.3) is 0 Å². The first-order valence-electron chi connectivity index (χ1n) is 5.43. The molecule has 0 bridgehead atoms. The molecule has 1 aliphatic carbocycles. The molecular formula is C11H19NO. The number of nitrogens with zero attached hydrogens (tertiary/aromatic N) is 1. The van der Waals surface area contributed by atoms with E-state index in [9.17, 15) is 4.79 Å². The minimum Gasteiger partial charge on any atom is -0.306 e. The minimum absolute atomic E-state index is 0.755. The van der Waals surface area contributed by atoms with Crippen molar-refractivity contribution in [2.75, 3.05) is 20.1 Å². The predicted molar refractivity (Wildman–Crippen MR) is 52.5 cm³/mol. The van der Waals surface area contributed by atoms with Crippen molar-refractivity contribution in [3.8, 4) is 0 Å². The number of carbonyl (C=O) groups is 1. The first-order chi connectivity index (χ1) is 6.31. The molecule has 2 fully saturated rings. The van der Waals surface area contributed by atoms with E-state index in [1.807, 2.05) is 0 Å². The van der Waals surface area contributed by atoms with Gasteiger partial charge in [-0.25, -0.2) is 0 Å². The second-order valence-electron chi connectivity index (χ2n) is 4.70. The molecule has 0 aromatic carbocycles. The van der Waals surface area contributed by atoms with Gasteiger partial charge in [-0.05, 0) is 57.2 Å². The Bertz CT molecular complexity index is 185. The molecule has 2 aliphatic rings. The molecule has 1 saturated heterocycles. The first-order valence-corrected chi connectivity index (χ1v) is 5.43. The van der Waals surface area contributed by atoms with Crippen LogP contribution in [0, 0.1) is 17.8 Å². The summed E-state index contributed by atoms with van der Waals surface area (Å²) in [5.41, 5.74) is 0. The van der Waals surface area contributed by atoms with Crippen LogP contribution in [0.3, 0.4) is 0 Å². The van der Waals surface area contributed by atoms with Gasteiger partial charge in [-0.3, -0.25) is 0 Å². The van der Waals surface area contributed by atoms with E-state index in [-0.39, 0.29) is 0 Å². The lowest BCUT2D eigenvalue weighted by atomic mass is 9.91. The van der Waals surface area contributed by atoms with Crippen molar-refractivity contribution in [3.05, 3.63) is 0 Å². The highest BCUT2D eigenvalue weighted by Crippen LogP contribution is 2.49. The number of hydrogen-bond donors (Lipinski definition) is 0. The maximum absolute atomic E-state index is 10.3. The van der Waals surface area contributed by atoms with Crippen LogP contribution in [-0.2, 0) is 4.79 Å². The van der Waals surface area contributed by atoms with Gasteiger partial charge in [-0.15, -0.1) is 0 Å². The van der Waals surface area contributed by atoms with Gasteiger partial charge in [0.05, 0.1) is 0 Å². The van der Waals surface area contributed by atoms with Crippen LogP contribution in [0.5, 0.6) is 0 Å². The fourth-order valence-corrected chi connectivity index (χ4v) is 2.70. The van der Waals surface area contributed by atoms with E-state index >= 15 is 0 Å². The zero-order chi connectivity index (χ0) is 9.26. The average molecular weight is 181 g/mol. The topological polar surface area (TPSA) is 20.3 Å². The summed E-state index contributed by atoms with van der Waals surface area (Å²) in [7, 11) is 2.20. The van der Waals surface area contributed by atoms with Crippen molar-refractivity contribution < 1.29 is 4.79 Å². The Morgan fingerprint density at radius 2 is 2.08 bits per heavy atom. The Morgan fingerprint density at radius 1 is 1.38 bits per heavy atom. The van der Waals surface area contributed by atoms with Crippen molar-refractivity contribution in [1.29, 1.82) is 0 Å². The van der Waals surface area contributed by atoms with Gasteiger partial charge in [-0.2, -0.15) is 0 Å². The molecule has 74 valence electrons. The number of likely N-dealkylation sites (tertiary alicyclic amines) is 1. The Hall–Kier alpha value is -0.370. The van der Waals surface area contributed by atoms with Gasteiger partial charge in [0.2, 0.25) is 0 Å². The third kappa shape index (κ3) is 2.11. The molecule has 2 atom stereocenters. The normalized spacial score (nSPS) is 36.1. The molecule has 0 amide bonds. The number of piperidine rings is 1. The van der Waals surface area contributed by atoms with Gasteiger partial charge < -0.3 is 9.69 Å². The Balaban J connectivity index is 1.74. The monoisotopic (exact) mass is 181 g/mol. The second kappa shape index (κ2) is 3.79. The van der Waals surface area contributed by atoms with Crippen molar-refractivity contribution in [2.24, 2.45) is 17.8 Å². The summed E-state index contributed by atoms with van der Waals surface area (Å²) in [6.07, 6.45) is 5.96. The fourth-order valence-electron chi connectivity index (χ4n) is 2.70.